The van der Waals surface area contributed by atoms with E-state index >= 15 is 0 Å². The molecule has 0 radical (unpaired) electrons. The van der Waals surface area contributed by atoms with Gasteiger partial charge in [-0.3, -0.25) is 0 Å². The minimum Gasteiger partial charge on any atom is -0.334 e. The molecule has 0 aromatic heterocycles. The predicted octanol–water partition coefficient (Wildman–Crippen LogP) is 19.0. The Bertz CT molecular complexity index is 3980. The summed E-state index contributed by atoms with van der Waals surface area (Å²) in [6.45, 7) is 28.8. The van der Waals surface area contributed by atoms with Crippen LogP contribution in [0.1, 0.15) is 134 Å². The summed E-state index contributed by atoms with van der Waals surface area (Å²) in [5.41, 5.74) is 29.8. The lowest BCUT2D eigenvalue weighted by molar-refractivity contribution is 0.195. The lowest BCUT2D eigenvalue weighted by atomic mass is 9.33. The van der Waals surface area contributed by atoms with E-state index in [0.717, 1.165) is 37.1 Å². The average molecular weight is 1070 g/mol. The van der Waals surface area contributed by atoms with Crippen LogP contribution in [0.3, 0.4) is 0 Å². The Hall–Kier alpha value is -7.76. The summed E-state index contributed by atoms with van der Waals surface area (Å²) < 4.78 is 0. The van der Waals surface area contributed by atoms with Crippen molar-refractivity contribution in [2.45, 2.75) is 143 Å². The molecular formula is C77H79BN4. The van der Waals surface area contributed by atoms with Crippen LogP contribution < -0.4 is 36.0 Å². The molecule has 2 unspecified atom stereocenters. The largest absolute Gasteiger partial charge is 0.334 e. The molecule has 14 rings (SSSR count). The minimum absolute atomic E-state index is 0.000233. The van der Waals surface area contributed by atoms with Gasteiger partial charge in [0.25, 0.3) is 6.71 Å². The molecule has 1 fully saturated rings. The van der Waals surface area contributed by atoms with Crippen molar-refractivity contribution in [3.05, 3.63) is 227 Å². The number of aryl methyl sites for hydroxylation is 2. The van der Waals surface area contributed by atoms with Crippen LogP contribution in [0, 0.1) is 19.3 Å². The first-order valence-electron chi connectivity index (χ1n) is 30.4. The molecule has 9 aromatic carbocycles. The fraction of sp³-hybridized carbons (Fsp3) is 0.299. The van der Waals surface area contributed by atoms with E-state index in [1.54, 1.807) is 0 Å². The molecule has 3 aliphatic heterocycles. The van der Waals surface area contributed by atoms with Gasteiger partial charge < -0.3 is 19.6 Å². The van der Waals surface area contributed by atoms with Crippen LogP contribution in [0.25, 0.3) is 11.1 Å². The van der Waals surface area contributed by atoms with E-state index in [1.807, 2.05) is 0 Å². The van der Waals surface area contributed by atoms with E-state index in [4.69, 9.17) is 0 Å². The molecule has 82 heavy (non-hydrogen) atoms. The van der Waals surface area contributed by atoms with E-state index in [-0.39, 0.29) is 33.9 Å². The summed E-state index contributed by atoms with van der Waals surface area (Å²) in [5.74, 6) is 0. The van der Waals surface area contributed by atoms with Crippen LogP contribution in [0.5, 0.6) is 0 Å². The second-order valence-corrected chi connectivity index (χ2v) is 28.2. The first kappa shape index (κ1) is 52.3. The fourth-order valence-electron chi connectivity index (χ4n) is 15.6. The molecule has 3 heterocycles. The quantitative estimate of drug-likeness (QED) is 0.147. The SMILES string of the molecule is Cc1cc2c3c(c1)N(c1ccc(C(C)(C)C)cc1-c1ccccc1)c1cc4c(cc1B3c1ccc(N3c5ccc(N(c6ccccc6)c6ccccc6)cc5C5(C)CCCCC35C)cc1N2c1ccc(C(C)(C)C)cc1C)CC(C)(C)C4. The maximum atomic E-state index is 2.80. The molecule has 1 saturated carbocycles. The smallest absolute Gasteiger partial charge is 0.252 e. The summed E-state index contributed by atoms with van der Waals surface area (Å²) >= 11 is 0. The molecular weight excluding hydrogens is 992 g/mol. The van der Waals surface area contributed by atoms with Gasteiger partial charge in [-0.1, -0.05) is 172 Å². The molecule has 0 amide bonds. The van der Waals surface area contributed by atoms with Crippen LogP contribution in [0.4, 0.5) is 62.6 Å². The molecule has 2 atom stereocenters. The van der Waals surface area contributed by atoms with Crippen molar-refractivity contribution in [1.82, 2.24) is 0 Å². The van der Waals surface area contributed by atoms with Gasteiger partial charge in [0.1, 0.15) is 0 Å². The molecule has 5 aliphatic rings. The highest BCUT2D eigenvalue weighted by Crippen LogP contribution is 2.62. The molecule has 0 bridgehead atoms. The van der Waals surface area contributed by atoms with Gasteiger partial charge >= 0.3 is 0 Å². The van der Waals surface area contributed by atoms with Gasteiger partial charge in [0.05, 0.1) is 11.2 Å². The summed E-state index contributed by atoms with van der Waals surface area (Å²) in [6.07, 6.45) is 6.82. The maximum absolute atomic E-state index is 2.80. The Balaban J connectivity index is 1.02. The van der Waals surface area contributed by atoms with Crippen molar-refractivity contribution in [2.24, 2.45) is 5.41 Å². The first-order chi connectivity index (χ1) is 39.2. The molecule has 5 heteroatoms. The number of anilines is 11. The Labute approximate surface area is 489 Å². The van der Waals surface area contributed by atoms with E-state index in [2.05, 4.69) is 291 Å². The van der Waals surface area contributed by atoms with Crippen molar-refractivity contribution in [3.63, 3.8) is 0 Å². The zero-order valence-corrected chi connectivity index (χ0v) is 50.5. The molecule has 0 N–H and O–H groups in total. The third-order valence-electron chi connectivity index (χ3n) is 20.0. The lowest BCUT2D eigenvalue weighted by Gasteiger charge is -2.50. The van der Waals surface area contributed by atoms with E-state index in [0.29, 0.717) is 0 Å². The highest BCUT2D eigenvalue weighted by molar-refractivity contribution is 7.00. The zero-order chi connectivity index (χ0) is 56.8. The average Bonchev–Trinajstić information content (AvgIpc) is 4.12. The Morgan fingerprint density at radius 1 is 0.463 bits per heavy atom. The molecule has 0 saturated heterocycles. The Morgan fingerprint density at radius 3 is 1.66 bits per heavy atom. The normalized spacial score (nSPS) is 19.3. The van der Waals surface area contributed by atoms with E-state index in [1.165, 1.54) is 130 Å². The standard InChI is InChI=1S/C77H79BN4/c1-50-40-70-72-71(41-50)81(66-36-31-56(74(6,7)8)45-61(66)52-24-16-13-17-25-52)68-44-54-49-75(9,10)48-53(54)43-64(68)78(72)63-34-32-60(47-69(63)80(70)65-35-30-55(42-51(65)2)73(3,4)5)82-67-37-33-59(46-62(67)76(11)38-22-23-39-77(76,82)12)79(57-26-18-14-19-27-57)58-28-20-15-21-29-58/h13-21,24-37,40-47H,22-23,38-39,48-49H2,1-12H3. The highest BCUT2D eigenvalue weighted by atomic mass is 15.3. The maximum Gasteiger partial charge on any atom is 0.252 e. The number of rotatable bonds is 7. The Kier molecular flexibility index (Phi) is 11.9. The minimum atomic E-state index is -0.166. The van der Waals surface area contributed by atoms with Crippen LogP contribution in [-0.2, 0) is 29.1 Å². The number of hydrogen-bond acceptors (Lipinski definition) is 4. The van der Waals surface area contributed by atoms with Crippen molar-refractivity contribution in [3.8, 4) is 11.1 Å². The first-order valence-corrected chi connectivity index (χ1v) is 30.4. The lowest BCUT2D eigenvalue weighted by Crippen LogP contribution is -2.61. The fourth-order valence-corrected chi connectivity index (χ4v) is 15.6. The van der Waals surface area contributed by atoms with Crippen LogP contribution >= 0.6 is 0 Å². The van der Waals surface area contributed by atoms with Crippen LogP contribution in [0.2, 0.25) is 0 Å². The number of hydrogen-bond donors (Lipinski definition) is 0. The highest BCUT2D eigenvalue weighted by Gasteiger charge is 2.58. The molecule has 0 spiro atoms. The van der Waals surface area contributed by atoms with Gasteiger partial charge in [-0.25, -0.2) is 0 Å². The summed E-state index contributed by atoms with van der Waals surface area (Å²) in [4.78, 5) is 10.6. The van der Waals surface area contributed by atoms with Gasteiger partial charge in [0.2, 0.25) is 0 Å². The van der Waals surface area contributed by atoms with Crippen molar-refractivity contribution in [2.75, 3.05) is 19.6 Å². The van der Waals surface area contributed by atoms with Gasteiger partial charge in [0, 0.05) is 67.9 Å². The zero-order valence-electron chi connectivity index (χ0n) is 50.5. The van der Waals surface area contributed by atoms with Gasteiger partial charge in [-0.15, -0.1) is 0 Å². The number of nitrogens with zero attached hydrogens (tertiary/aromatic N) is 4. The van der Waals surface area contributed by atoms with Crippen molar-refractivity contribution < 1.29 is 0 Å². The third kappa shape index (κ3) is 8.14. The number of fused-ring (bicyclic) bond motifs is 8. The summed E-state index contributed by atoms with van der Waals surface area (Å²) in [7, 11) is 0. The van der Waals surface area contributed by atoms with Crippen LogP contribution in [-0.4, -0.2) is 12.3 Å². The summed E-state index contributed by atoms with van der Waals surface area (Å²) in [5, 5.41) is 0. The van der Waals surface area contributed by atoms with E-state index < -0.39 is 0 Å². The van der Waals surface area contributed by atoms with Crippen molar-refractivity contribution >= 4 is 85.7 Å². The third-order valence-corrected chi connectivity index (χ3v) is 20.0. The number of para-hydroxylation sites is 2. The van der Waals surface area contributed by atoms with Crippen molar-refractivity contribution in [1.29, 1.82) is 0 Å². The van der Waals surface area contributed by atoms with Gasteiger partial charge in [-0.05, 0) is 215 Å². The predicted molar refractivity (Wildman–Crippen MR) is 351 cm³/mol. The summed E-state index contributed by atoms with van der Waals surface area (Å²) in [6, 6.07) is 72.9. The van der Waals surface area contributed by atoms with Crippen LogP contribution in [0.15, 0.2) is 188 Å². The molecule has 2 aliphatic carbocycles. The second kappa shape index (κ2) is 18.6. The molecule has 4 nitrogen and oxygen atoms in total. The Morgan fingerprint density at radius 2 is 1.02 bits per heavy atom. The molecule has 410 valence electrons. The second-order valence-electron chi connectivity index (χ2n) is 28.2. The van der Waals surface area contributed by atoms with E-state index in [9.17, 15) is 0 Å². The monoisotopic (exact) mass is 1070 g/mol. The molecule has 9 aromatic rings. The number of benzene rings is 9. The van der Waals surface area contributed by atoms with Gasteiger partial charge in [0.15, 0.2) is 0 Å². The topological polar surface area (TPSA) is 13.0 Å². The van der Waals surface area contributed by atoms with Gasteiger partial charge in [-0.2, -0.15) is 0 Å².